The van der Waals surface area contributed by atoms with Gasteiger partial charge in [-0.25, -0.2) is 19.0 Å². The molecule has 0 atom stereocenters. The van der Waals surface area contributed by atoms with Crippen molar-refractivity contribution < 1.29 is 9.18 Å². The Balaban J connectivity index is 1.49. The van der Waals surface area contributed by atoms with E-state index in [1.807, 2.05) is 60.7 Å². The van der Waals surface area contributed by atoms with E-state index in [9.17, 15) is 9.18 Å². The Morgan fingerprint density at radius 1 is 0.861 bits per heavy atom. The molecule has 178 valence electrons. The molecule has 0 aliphatic rings. The molecule has 36 heavy (non-hydrogen) atoms. The maximum Gasteiger partial charge on any atom is 0.274 e. The summed E-state index contributed by atoms with van der Waals surface area (Å²) < 4.78 is 15.1. The molecule has 0 spiro atoms. The van der Waals surface area contributed by atoms with Gasteiger partial charge in [-0.05, 0) is 41.5 Å². The van der Waals surface area contributed by atoms with Crippen LogP contribution in [-0.4, -0.2) is 30.9 Å². The summed E-state index contributed by atoms with van der Waals surface area (Å²) in [5.41, 5.74) is 3.21. The molecule has 0 aliphatic heterocycles. The summed E-state index contributed by atoms with van der Waals surface area (Å²) >= 11 is 1.36. The molecular formula is C27H21FN6OS. The van der Waals surface area contributed by atoms with Crippen LogP contribution in [-0.2, 0) is 5.75 Å². The molecule has 2 aromatic heterocycles. The molecule has 5 rings (SSSR count). The zero-order chi connectivity index (χ0) is 24.7. The highest BCUT2D eigenvalue weighted by Crippen LogP contribution is 2.25. The number of aromatic nitrogens is 5. The zero-order valence-electron chi connectivity index (χ0n) is 19.0. The van der Waals surface area contributed by atoms with E-state index in [4.69, 9.17) is 0 Å². The zero-order valence-corrected chi connectivity index (χ0v) is 19.8. The second-order valence-corrected chi connectivity index (χ2v) is 8.76. The van der Waals surface area contributed by atoms with Crippen LogP contribution < -0.4 is 5.32 Å². The minimum Gasteiger partial charge on any atom is -0.340 e. The van der Waals surface area contributed by atoms with Crippen molar-refractivity contribution >= 4 is 17.7 Å². The van der Waals surface area contributed by atoms with E-state index in [-0.39, 0.29) is 23.5 Å². The number of rotatable bonds is 8. The summed E-state index contributed by atoms with van der Waals surface area (Å²) in [6, 6.07) is 26.7. The van der Waals surface area contributed by atoms with Gasteiger partial charge in [0.2, 0.25) is 0 Å². The monoisotopic (exact) mass is 496 g/mol. The number of benzene rings is 3. The quantitative estimate of drug-likeness (QED) is 0.240. The van der Waals surface area contributed by atoms with E-state index < -0.39 is 0 Å². The van der Waals surface area contributed by atoms with Crippen LogP contribution in [0.25, 0.3) is 5.69 Å². The summed E-state index contributed by atoms with van der Waals surface area (Å²) in [6.45, 7) is 0. The van der Waals surface area contributed by atoms with Gasteiger partial charge in [0.25, 0.3) is 5.91 Å². The van der Waals surface area contributed by atoms with Crippen LogP contribution in [0.15, 0.2) is 109 Å². The SMILES string of the molecule is O=C(NC(c1ccccc1)c1ccccc1)c1nnn(-c2ccc(F)cc2)c1CSc1ncccn1. The summed E-state index contributed by atoms with van der Waals surface area (Å²) in [4.78, 5) is 22.1. The van der Waals surface area contributed by atoms with E-state index >= 15 is 0 Å². The summed E-state index contributed by atoms with van der Waals surface area (Å²) in [6.07, 6.45) is 3.31. The Morgan fingerprint density at radius 2 is 1.47 bits per heavy atom. The maximum absolute atomic E-state index is 13.6. The average molecular weight is 497 g/mol. The van der Waals surface area contributed by atoms with Gasteiger partial charge >= 0.3 is 0 Å². The molecular weight excluding hydrogens is 475 g/mol. The van der Waals surface area contributed by atoms with Gasteiger partial charge in [-0.15, -0.1) is 5.10 Å². The third kappa shape index (κ3) is 5.31. The summed E-state index contributed by atoms with van der Waals surface area (Å²) in [5.74, 6) is -0.400. The predicted molar refractivity (Wildman–Crippen MR) is 135 cm³/mol. The molecule has 7 nitrogen and oxygen atoms in total. The predicted octanol–water partition coefficient (Wildman–Crippen LogP) is 5.01. The number of nitrogens with one attached hydrogen (secondary N) is 1. The third-order valence-electron chi connectivity index (χ3n) is 5.47. The lowest BCUT2D eigenvalue weighted by atomic mass is 9.98. The van der Waals surface area contributed by atoms with Crippen LogP contribution in [0.1, 0.15) is 33.4 Å². The van der Waals surface area contributed by atoms with E-state index in [0.29, 0.717) is 22.3 Å². The van der Waals surface area contributed by atoms with Crippen molar-refractivity contribution in [2.75, 3.05) is 0 Å². The van der Waals surface area contributed by atoms with E-state index in [0.717, 1.165) is 11.1 Å². The van der Waals surface area contributed by atoms with Gasteiger partial charge in [-0.2, -0.15) is 0 Å². The number of halogens is 1. The standard InChI is InChI=1S/C27H21FN6OS/c28-21-12-14-22(15-13-21)34-23(18-36-27-29-16-7-17-30-27)25(32-33-34)26(35)31-24(19-8-3-1-4-9-19)20-10-5-2-6-11-20/h1-17,24H,18H2,(H,31,35). The Labute approximate surface area is 211 Å². The van der Waals surface area contributed by atoms with Crippen LogP contribution in [0.4, 0.5) is 4.39 Å². The van der Waals surface area contributed by atoms with Crippen LogP contribution in [0.5, 0.6) is 0 Å². The molecule has 0 saturated heterocycles. The van der Waals surface area contributed by atoms with Crippen LogP contribution in [0.3, 0.4) is 0 Å². The minimum absolute atomic E-state index is 0.180. The highest BCUT2D eigenvalue weighted by molar-refractivity contribution is 7.98. The summed E-state index contributed by atoms with van der Waals surface area (Å²) in [5, 5.41) is 12.1. The van der Waals surface area contributed by atoms with E-state index in [1.165, 1.54) is 23.9 Å². The van der Waals surface area contributed by atoms with Crippen molar-refractivity contribution in [3.63, 3.8) is 0 Å². The normalized spacial score (nSPS) is 10.9. The van der Waals surface area contributed by atoms with Crippen LogP contribution in [0.2, 0.25) is 0 Å². The molecule has 0 bridgehead atoms. The molecule has 1 amide bonds. The van der Waals surface area contributed by atoms with Gasteiger partial charge in [-0.3, -0.25) is 4.79 Å². The maximum atomic E-state index is 13.6. The van der Waals surface area contributed by atoms with Gasteiger partial charge in [0.15, 0.2) is 10.9 Å². The lowest BCUT2D eigenvalue weighted by Gasteiger charge is -2.19. The van der Waals surface area contributed by atoms with Gasteiger partial charge in [-0.1, -0.05) is 77.6 Å². The molecule has 0 unspecified atom stereocenters. The Bertz CT molecular complexity index is 1390. The van der Waals surface area contributed by atoms with E-state index in [2.05, 4.69) is 25.6 Å². The molecule has 0 saturated carbocycles. The van der Waals surface area contributed by atoms with Crippen molar-refractivity contribution in [3.8, 4) is 5.69 Å². The molecule has 0 aliphatic carbocycles. The van der Waals surface area contributed by atoms with Crippen molar-refractivity contribution in [1.82, 2.24) is 30.3 Å². The second kappa shape index (κ2) is 10.9. The van der Waals surface area contributed by atoms with E-state index in [1.54, 1.807) is 35.3 Å². The minimum atomic E-state index is -0.381. The highest BCUT2D eigenvalue weighted by Gasteiger charge is 2.25. The number of carbonyl (C=O) groups excluding carboxylic acids is 1. The van der Waals surface area contributed by atoms with Gasteiger partial charge < -0.3 is 5.32 Å². The molecule has 0 radical (unpaired) electrons. The number of hydrogen-bond donors (Lipinski definition) is 1. The molecule has 0 fully saturated rings. The fourth-order valence-corrected chi connectivity index (χ4v) is 4.54. The first-order chi connectivity index (χ1) is 17.7. The molecule has 3 aromatic carbocycles. The Morgan fingerprint density at radius 3 is 2.08 bits per heavy atom. The number of carbonyl (C=O) groups is 1. The fourth-order valence-electron chi connectivity index (χ4n) is 3.74. The average Bonchev–Trinajstić information content (AvgIpc) is 3.36. The first kappa shape index (κ1) is 23.4. The van der Waals surface area contributed by atoms with Crippen LogP contribution in [0, 0.1) is 5.82 Å². The molecule has 2 heterocycles. The smallest absolute Gasteiger partial charge is 0.274 e. The topological polar surface area (TPSA) is 85.6 Å². The highest BCUT2D eigenvalue weighted by atomic mass is 32.2. The lowest BCUT2D eigenvalue weighted by Crippen LogP contribution is -2.30. The van der Waals surface area contributed by atoms with Crippen molar-refractivity contribution in [2.24, 2.45) is 0 Å². The number of hydrogen-bond acceptors (Lipinski definition) is 6. The Hall–Kier alpha value is -4.37. The van der Waals surface area contributed by atoms with Gasteiger partial charge in [0.1, 0.15) is 5.82 Å². The van der Waals surface area contributed by atoms with Crippen molar-refractivity contribution in [2.45, 2.75) is 17.0 Å². The molecule has 5 aromatic rings. The Kier molecular flexibility index (Phi) is 7.09. The fraction of sp³-hybridized carbons (Fsp3) is 0.0741. The summed E-state index contributed by atoms with van der Waals surface area (Å²) in [7, 11) is 0. The molecule has 1 N–H and O–H groups in total. The third-order valence-corrected chi connectivity index (χ3v) is 6.36. The number of nitrogens with zero attached hydrogens (tertiary/aromatic N) is 5. The second-order valence-electron chi connectivity index (χ2n) is 7.82. The number of amides is 1. The largest absolute Gasteiger partial charge is 0.340 e. The van der Waals surface area contributed by atoms with Crippen molar-refractivity contribution in [3.05, 3.63) is 132 Å². The van der Waals surface area contributed by atoms with Gasteiger partial charge in [0, 0.05) is 18.1 Å². The molecule has 9 heteroatoms. The van der Waals surface area contributed by atoms with Crippen LogP contribution >= 0.6 is 11.8 Å². The lowest BCUT2D eigenvalue weighted by molar-refractivity contribution is 0.0937. The first-order valence-electron chi connectivity index (χ1n) is 11.2. The number of thioether (sulfide) groups is 1. The first-order valence-corrected chi connectivity index (χ1v) is 12.2. The van der Waals surface area contributed by atoms with Gasteiger partial charge in [0.05, 0.1) is 17.4 Å². The van der Waals surface area contributed by atoms with Crippen molar-refractivity contribution in [1.29, 1.82) is 0 Å².